The quantitative estimate of drug-likeness (QED) is 0.807. The van der Waals surface area contributed by atoms with Crippen molar-refractivity contribution in [2.75, 3.05) is 13.7 Å². The Morgan fingerprint density at radius 1 is 1.38 bits per heavy atom. The van der Waals surface area contributed by atoms with Crippen molar-refractivity contribution in [3.8, 4) is 11.5 Å². The number of aromatic hydroxyl groups is 1. The third kappa shape index (κ3) is 1.53. The number of methoxy groups -OCH3 is 1. The molecular formula is C17H19NO3. The normalized spacial score (nSPS) is 26.8. The Morgan fingerprint density at radius 2 is 2.24 bits per heavy atom. The van der Waals surface area contributed by atoms with Crippen molar-refractivity contribution in [2.24, 2.45) is 0 Å². The van der Waals surface area contributed by atoms with Crippen LogP contribution in [0.25, 0.3) is 0 Å². The van der Waals surface area contributed by atoms with E-state index in [9.17, 15) is 9.90 Å². The summed E-state index contributed by atoms with van der Waals surface area (Å²) in [5.41, 5.74) is 3.27. The molecule has 1 fully saturated rings. The van der Waals surface area contributed by atoms with E-state index in [4.69, 9.17) is 4.74 Å². The van der Waals surface area contributed by atoms with Crippen LogP contribution in [0.4, 0.5) is 0 Å². The SMILES string of the molecule is COc1cc2c(cc1O)CCN1C(=O)CC3=CCCCC321. The average Bonchev–Trinajstić information content (AvgIpc) is 2.79. The van der Waals surface area contributed by atoms with Crippen LogP contribution in [0.15, 0.2) is 23.8 Å². The molecule has 2 heterocycles. The Balaban J connectivity index is 1.98. The molecule has 0 saturated carbocycles. The Hall–Kier alpha value is -1.97. The summed E-state index contributed by atoms with van der Waals surface area (Å²) >= 11 is 0. The van der Waals surface area contributed by atoms with E-state index < -0.39 is 0 Å². The fourth-order valence-corrected chi connectivity index (χ4v) is 4.33. The van der Waals surface area contributed by atoms with Crippen LogP contribution in [0.1, 0.15) is 36.8 Å². The highest BCUT2D eigenvalue weighted by Crippen LogP contribution is 2.54. The van der Waals surface area contributed by atoms with Crippen molar-refractivity contribution in [3.05, 3.63) is 34.9 Å². The molecule has 21 heavy (non-hydrogen) atoms. The Labute approximate surface area is 124 Å². The monoisotopic (exact) mass is 285 g/mol. The molecule has 1 aromatic carbocycles. The van der Waals surface area contributed by atoms with E-state index in [0.717, 1.165) is 43.4 Å². The maximum absolute atomic E-state index is 12.4. The Kier molecular flexibility index (Phi) is 2.59. The number of nitrogens with zero attached hydrogens (tertiary/aromatic N) is 1. The van der Waals surface area contributed by atoms with Gasteiger partial charge in [0.05, 0.1) is 19.1 Å². The van der Waals surface area contributed by atoms with Gasteiger partial charge in [-0.3, -0.25) is 4.79 Å². The molecule has 1 aliphatic carbocycles. The third-order valence-electron chi connectivity index (χ3n) is 5.22. The van der Waals surface area contributed by atoms with Gasteiger partial charge in [-0.25, -0.2) is 0 Å². The first-order valence-electron chi connectivity index (χ1n) is 7.57. The van der Waals surface area contributed by atoms with Crippen LogP contribution in [-0.4, -0.2) is 29.6 Å². The van der Waals surface area contributed by atoms with E-state index in [2.05, 4.69) is 11.0 Å². The van der Waals surface area contributed by atoms with Gasteiger partial charge in [-0.2, -0.15) is 0 Å². The highest BCUT2D eigenvalue weighted by atomic mass is 16.5. The number of allylic oxidation sites excluding steroid dienone is 1. The van der Waals surface area contributed by atoms with Crippen molar-refractivity contribution >= 4 is 5.91 Å². The fourth-order valence-electron chi connectivity index (χ4n) is 4.33. The number of amides is 1. The summed E-state index contributed by atoms with van der Waals surface area (Å²) in [5, 5.41) is 10.0. The number of benzene rings is 1. The molecule has 4 nitrogen and oxygen atoms in total. The predicted molar refractivity (Wildman–Crippen MR) is 78.3 cm³/mol. The summed E-state index contributed by atoms with van der Waals surface area (Å²) < 4.78 is 5.29. The summed E-state index contributed by atoms with van der Waals surface area (Å²) in [6.07, 6.45) is 6.72. The number of rotatable bonds is 1. The lowest BCUT2D eigenvalue weighted by Gasteiger charge is -2.46. The average molecular weight is 285 g/mol. The number of carbonyl (C=O) groups is 1. The van der Waals surface area contributed by atoms with E-state index >= 15 is 0 Å². The summed E-state index contributed by atoms with van der Waals surface area (Å²) in [5.74, 6) is 0.918. The third-order valence-corrected chi connectivity index (χ3v) is 5.22. The van der Waals surface area contributed by atoms with Crippen molar-refractivity contribution in [2.45, 2.75) is 37.6 Å². The lowest BCUT2D eigenvalue weighted by molar-refractivity contribution is -0.132. The molecule has 1 aromatic rings. The van der Waals surface area contributed by atoms with E-state index in [1.807, 2.05) is 12.1 Å². The topological polar surface area (TPSA) is 49.8 Å². The molecule has 4 rings (SSSR count). The van der Waals surface area contributed by atoms with E-state index in [-0.39, 0.29) is 17.2 Å². The second kappa shape index (κ2) is 4.26. The van der Waals surface area contributed by atoms with Gasteiger partial charge in [0.1, 0.15) is 0 Å². The largest absolute Gasteiger partial charge is 0.504 e. The maximum atomic E-state index is 12.4. The Bertz CT molecular complexity index is 664. The van der Waals surface area contributed by atoms with E-state index in [0.29, 0.717) is 12.2 Å². The van der Waals surface area contributed by atoms with Crippen molar-refractivity contribution < 1.29 is 14.6 Å². The van der Waals surface area contributed by atoms with E-state index in [1.165, 1.54) is 5.57 Å². The summed E-state index contributed by atoms with van der Waals surface area (Å²) in [4.78, 5) is 14.5. The number of phenols is 1. The van der Waals surface area contributed by atoms with Gasteiger partial charge >= 0.3 is 0 Å². The van der Waals surface area contributed by atoms with Gasteiger partial charge < -0.3 is 14.7 Å². The molecule has 1 N–H and O–H groups in total. The first-order chi connectivity index (χ1) is 10.2. The summed E-state index contributed by atoms with van der Waals surface area (Å²) in [7, 11) is 1.57. The minimum atomic E-state index is -0.274. The lowest BCUT2D eigenvalue weighted by atomic mass is 9.71. The van der Waals surface area contributed by atoms with Crippen LogP contribution in [0.5, 0.6) is 11.5 Å². The zero-order chi connectivity index (χ0) is 14.6. The van der Waals surface area contributed by atoms with Crippen LogP contribution >= 0.6 is 0 Å². The molecule has 1 atom stereocenters. The van der Waals surface area contributed by atoms with Gasteiger partial charge in [0.25, 0.3) is 0 Å². The standard InChI is InChI=1S/C17H19NO3/c1-21-15-10-13-11(8-14(15)19)5-7-18-16(20)9-12-4-2-3-6-17(12,13)18/h4,8,10,19H,2-3,5-7,9H2,1H3. The molecule has 1 amide bonds. The second-order valence-corrected chi connectivity index (χ2v) is 6.14. The van der Waals surface area contributed by atoms with Crippen LogP contribution in [0, 0.1) is 0 Å². The second-order valence-electron chi connectivity index (χ2n) is 6.14. The molecule has 110 valence electrons. The van der Waals surface area contributed by atoms with Crippen molar-refractivity contribution in [3.63, 3.8) is 0 Å². The number of fused-ring (bicyclic) bond motifs is 1. The molecule has 0 bridgehead atoms. The number of carbonyl (C=O) groups excluding carboxylic acids is 1. The summed E-state index contributed by atoms with van der Waals surface area (Å²) in [6, 6.07) is 3.75. The first kappa shape index (κ1) is 12.7. The van der Waals surface area contributed by atoms with Gasteiger partial charge in [0, 0.05) is 6.54 Å². The molecule has 4 heteroatoms. The predicted octanol–water partition coefficient (Wildman–Crippen LogP) is 2.49. The van der Waals surface area contributed by atoms with Crippen LogP contribution in [0.3, 0.4) is 0 Å². The number of phenolic OH excluding ortho intramolecular Hbond substituents is 1. The molecule has 2 aliphatic heterocycles. The fraction of sp³-hybridized carbons (Fsp3) is 0.471. The lowest BCUT2D eigenvalue weighted by Crippen LogP contribution is -2.49. The molecular weight excluding hydrogens is 266 g/mol. The molecule has 1 unspecified atom stereocenters. The minimum absolute atomic E-state index is 0.187. The molecule has 1 spiro atoms. The van der Waals surface area contributed by atoms with Crippen LogP contribution in [-0.2, 0) is 16.8 Å². The Morgan fingerprint density at radius 3 is 3.05 bits per heavy atom. The van der Waals surface area contributed by atoms with Gasteiger partial charge in [-0.15, -0.1) is 0 Å². The zero-order valence-corrected chi connectivity index (χ0v) is 12.2. The summed E-state index contributed by atoms with van der Waals surface area (Å²) in [6.45, 7) is 0.745. The van der Waals surface area contributed by atoms with Crippen LogP contribution in [0.2, 0.25) is 0 Å². The number of hydrogen-bond acceptors (Lipinski definition) is 3. The van der Waals surface area contributed by atoms with Crippen LogP contribution < -0.4 is 4.74 Å². The molecule has 3 aliphatic rings. The van der Waals surface area contributed by atoms with Crippen molar-refractivity contribution in [1.29, 1.82) is 0 Å². The zero-order valence-electron chi connectivity index (χ0n) is 12.2. The highest BCUT2D eigenvalue weighted by molar-refractivity contribution is 5.86. The highest BCUT2D eigenvalue weighted by Gasteiger charge is 2.53. The minimum Gasteiger partial charge on any atom is -0.504 e. The first-order valence-corrected chi connectivity index (χ1v) is 7.57. The van der Waals surface area contributed by atoms with Gasteiger partial charge in [0.2, 0.25) is 5.91 Å². The maximum Gasteiger partial charge on any atom is 0.227 e. The van der Waals surface area contributed by atoms with Crippen molar-refractivity contribution in [1.82, 2.24) is 4.90 Å². The number of ether oxygens (including phenoxy) is 1. The van der Waals surface area contributed by atoms with Gasteiger partial charge in [-0.05, 0) is 54.5 Å². The molecule has 1 saturated heterocycles. The van der Waals surface area contributed by atoms with Gasteiger partial charge in [0.15, 0.2) is 11.5 Å². The molecule has 0 aromatic heterocycles. The smallest absolute Gasteiger partial charge is 0.227 e. The number of hydrogen-bond donors (Lipinski definition) is 1. The van der Waals surface area contributed by atoms with Gasteiger partial charge in [-0.1, -0.05) is 6.08 Å². The van der Waals surface area contributed by atoms with E-state index in [1.54, 1.807) is 7.11 Å². The molecule has 0 radical (unpaired) electrons.